The van der Waals surface area contributed by atoms with E-state index in [0.29, 0.717) is 29.9 Å². The lowest BCUT2D eigenvalue weighted by Crippen LogP contribution is -2.26. The first-order valence-corrected chi connectivity index (χ1v) is 9.64. The third-order valence-corrected chi connectivity index (χ3v) is 5.61. The molecule has 1 aromatic heterocycles. The van der Waals surface area contributed by atoms with Crippen LogP contribution in [0.25, 0.3) is 11.0 Å². The van der Waals surface area contributed by atoms with Crippen molar-refractivity contribution in [3.05, 3.63) is 64.1 Å². The van der Waals surface area contributed by atoms with Crippen molar-refractivity contribution in [2.45, 2.75) is 31.1 Å². The van der Waals surface area contributed by atoms with Crippen LogP contribution in [0.1, 0.15) is 30.9 Å². The summed E-state index contributed by atoms with van der Waals surface area (Å²) in [6.45, 7) is 4.58. The summed E-state index contributed by atoms with van der Waals surface area (Å²) in [5.41, 5.74) is 3.03. The summed E-state index contributed by atoms with van der Waals surface area (Å²) >= 11 is 0. The second kappa shape index (κ2) is 6.85. The molecule has 3 N–H and O–H groups in total. The van der Waals surface area contributed by atoms with Crippen LogP contribution in [0.5, 0.6) is 0 Å². The van der Waals surface area contributed by atoms with Crippen molar-refractivity contribution in [1.29, 1.82) is 0 Å². The maximum Gasteiger partial charge on any atom is 0.323 e. The average molecular weight is 359 g/mol. The minimum Gasteiger partial charge on any atom is -0.306 e. The first-order chi connectivity index (χ1) is 11.8. The molecule has 25 heavy (non-hydrogen) atoms. The molecule has 0 aliphatic heterocycles. The Morgan fingerprint density at radius 1 is 1.00 bits per heavy atom. The van der Waals surface area contributed by atoms with E-state index in [4.69, 9.17) is 0 Å². The van der Waals surface area contributed by atoms with E-state index >= 15 is 0 Å². The average Bonchev–Trinajstić information content (AvgIpc) is 2.94. The zero-order chi connectivity index (χ0) is 18.0. The molecule has 0 aliphatic carbocycles. The summed E-state index contributed by atoms with van der Waals surface area (Å²) in [5.74, 6) is 0.474. The third-order valence-electron chi connectivity index (χ3n) is 4.15. The second-order valence-electron chi connectivity index (χ2n) is 6.33. The van der Waals surface area contributed by atoms with Gasteiger partial charge in [-0.15, -0.1) is 0 Å². The second-order valence-corrected chi connectivity index (χ2v) is 8.10. The first-order valence-electron chi connectivity index (χ1n) is 8.16. The Balaban J connectivity index is 1.67. The van der Waals surface area contributed by atoms with Gasteiger partial charge in [0.05, 0.1) is 15.9 Å². The molecule has 1 heterocycles. The van der Waals surface area contributed by atoms with Gasteiger partial charge in [0.15, 0.2) is 0 Å². The molecule has 0 atom stereocenters. The third kappa shape index (κ3) is 4.00. The molecule has 132 valence electrons. The Morgan fingerprint density at radius 3 is 2.36 bits per heavy atom. The molecule has 0 aliphatic rings. The van der Waals surface area contributed by atoms with Gasteiger partial charge < -0.3 is 9.97 Å². The monoisotopic (exact) mass is 359 g/mol. The fourth-order valence-electron chi connectivity index (χ4n) is 2.66. The summed E-state index contributed by atoms with van der Waals surface area (Å²) in [6, 6.07) is 12.7. The smallest absolute Gasteiger partial charge is 0.306 e. The van der Waals surface area contributed by atoms with E-state index in [1.807, 2.05) is 12.1 Å². The predicted molar refractivity (Wildman–Crippen MR) is 98.3 cm³/mol. The minimum absolute atomic E-state index is 0.130. The van der Waals surface area contributed by atoms with E-state index in [0.717, 1.165) is 5.56 Å². The lowest BCUT2D eigenvalue weighted by Gasteiger charge is -2.09. The molecule has 6 nitrogen and oxygen atoms in total. The highest BCUT2D eigenvalue weighted by Gasteiger charge is 2.14. The van der Waals surface area contributed by atoms with Crippen molar-refractivity contribution in [2.24, 2.45) is 0 Å². The quantitative estimate of drug-likeness (QED) is 0.631. The molecule has 7 heteroatoms. The Bertz CT molecular complexity index is 1030. The molecule has 3 rings (SSSR count). The van der Waals surface area contributed by atoms with Gasteiger partial charge in [0.25, 0.3) is 0 Å². The highest BCUT2D eigenvalue weighted by atomic mass is 32.2. The zero-order valence-corrected chi connectivity index (χ0v) is 15.0. The van der Waals surface area contributed by atoms with Gasteiger partial charge in [-0.3, -0.25) is 0 Å². The van der Waals surface area contributed by atoms with E-state index in [1.54, 1.807) is 6.07 Å². The van der Waals surface area contributed by atoms with Gasteiger partial charge in [0, 0.05) is 6.54 Å². The number of aromatic amines is 2. The van der Waals surface area contributed by atoms with Gasteiger partial charge in [-0.25, -0.2) is 17.9 Å². The topological polar surface area (TPSA) is 94.8 Å². The summed E-state index contributed by atoms with van der Waals surface area (Å²) < 4.78 is 27.4. The highest BCUT2D eigenvalue weighted by Crippen LogP contribution is 2.16. The van der Waals surface area contributed by atoms with Crippen molar-refractivity contribution in [1.82, 2.24) is 14.7 Å². The number of rotatable bonds is 6. The molecule has 2 aromatic carbocycles. The van der Waals surface area contributed by atoms with Crippen LogP contribution in [-0.4, -0.2) is 24.9 Å². The number of hydrogen-bond donors (Lipinski definition) is 3. The van der Waals surface area contributed by atoms with Gasteiger partial charge >= 0.3 is 5.69 Å². The summed E-state index contributed by atoms with van der Waals surface area (Å²) in [5, 5.41) is 0. The number of hydrogen-bond acceptors (Lipinski definition) is 3. The number of fused-ring (bicyclic) bond motifs is 1. The Kier molecular flexibility index (Phi) is 4.78. The van der Waals surface area contributed by atoms with Crippen LogP contribution in [0.2, 0.25) is 0 Å². The zero-order valence-electron chi connectivity index (χ0n) is 14.2. The van der Waals surface area contributed by atoms with Crippen LogP contribution in [0, 0.1) is 0 Å². The number of H-pyrrole nitrogens is 2. The largest absolute Gasteiger partial charge is 0.323 e. The maximum atomic E-state index is 12.4. The van der Waals surface area contributed by atoms with E-state index < -0.39 is 10.0 Å². The van der Waals surface area contributed by atoms with Gasteiger partial charge in [-0.1, -0.05) is 38.1 Å². The molecular weight excluding hydrogens is 338 g/mol. The SMILES string of the molecule is CC(C)c1ccc(CCNS(=O)(=O)c2ccc3[nH]c(=O)[nH]c3c2)cc1. The van der Waals surface area contributed by atoms with Crippen molar-refractivity contribution in [3.8, 4) is 0 Å². The minimum atomic E-state index is -3.62. The molecule has 0 bridgehead atoms. The van der Waals surface area contributed by atoms with Crippen molar-refractivity contribution in [2.75, 3.05) is 6.54 Å². The Hall–Kier alpha value is -2.38. The van der Waals surface area contributed by atoms with E-state index in [-0.39, 0.29) is 10.6 Å². The van der Waals surface area contributed by atoms with E-state index in [1.165, 1.54) is 17.7 Å². The molecule has 0 unspecified atom stereocenters. The van der Waals surface area contributed by atoms with Crippen LogP contribution in [0.4, 0.5) is 0 Å². The van der Waals surface area contributed by atoms with Crippen molar-refractivity contribution >= 4 is 21.1 Å². The molecular formula is C18H21N3O3S. The molecule has 0 saturated carbocycles. The standard InChI is InChI=1S/C18H21N3O3S/c1-12(2)14-5-3-13(4-6-14)9-10-19-25(23,24)15-7-8-16-17(11-15)21-18(22)20-16/h3-8,11-12,19H,9-10H2,1-2H3,(H2,20,21,22). The first kappa shape index (κ1) is 17.4. The molecule has 0 amide bonds. The summed E-state index contributed by atoms with van der Waals surface area (Å²) in [4.78, 5) is 16.6. The predicted octanol–water partition coefficient (Wildman–Crippen LogP) is 2.50. The number of aromatic nitrogens is 2. The summed E-state index contributed by atoms with van der Waals surface area (Å²) in [7, 11) is -3.62. The number of sulfonamides is 1. The van der Waals surface area contributed by atoms with E-state index in [2.05, 4.69) is 40.7 Å². The molecule has 0 fully saturated rings. The molecule has 0 spiro atoms. The van der Waals surface area contributed by atoms with Crippen LogP contribution in [-0.2, 0) is 16.4 Å². The number of benzene rings is 2. The van der Waals surface area contributed by atoms with Crippen LogP contribution in [0.15, 0.2) is 52.2 Å². The van der Waals surface area contributed by atoms with Crippen molar-refractivity contribution in [3.63, 3.8) is 0 Å². The lowest BCUT2D eigenvalue weighted by molar-refractivity contribution is 0.582. The molecule has 3 aromatic rings. The lowest BCUT2D eigenvalue weighted by atomic mass is 10.0. The van der Waals surface area contributed by atoms with E-state index in [9.17, 15) is 13.2 Å². The fourth-order valence-corrected chi connectivity index (χ4v) is 3.72. The maximum absolute atomic E-state index is 12.4. The molecule has 0 radical (unpaired) electrons. The van der Waals surface area contributed by atoms with Gasteiger partial charge in [0.1, 0.15) is 0 Å². The highest BCUT2D eigenvalue weighted by molar-refractivity contribution is 7.89. The Morgan fingerprint density at radius 2 is 1.68 bits per heavy atom. The number of nitrogens with one attached hydrogen (secondary N) is 3. The number of imidazole rings is 1. The molecule has 0 saturated heterocycles. The van der Waals surface area contributed by atoms with Crippen molar-refractivity contribution < 1.29 is 8.42 Å². The van der Waals surface area contributed by atoms with Gasteiger partial charge in [-0.05, 0) is 41.7 Å². The van der Waals surface area contributed by atoms with Gasteiger partial charge in [0.2, 0.25) is 10.0 Å². The normalized spacial score (nSPS) is 12.1. The van der Waals surface area contributed by atoms with Crippen LogP contribution < -0.4 is 10.4 Å². The van der Waals surface area contributed by atoms with Crippen LogP contribution in [0.3, 0.4) is 0 Å². The summed E-state index contributed by atoms with van der Waals surface area (Å²) in [6.07, 6.45) is 0.612. The Labute approximate surface area is 146 Å². The van der Waals surface area contributed by atoms with Crippen LogP contribution >= 0.6 is 0 Å². The van der Waals surface area contributed by atoms with Gasteiger partial charge in [-0.2, -0.15) is 0 Å². The fraction of sp³-hybridized carbons (Fsp3) is 0.278.